The van der Waals surface area contributed by atoms with Gasteiger partial charge in [0.15, 0.2) is 10.8 Å². The number of hydrogen-bond donors (Lipinski definition) is 1. The lowest BCUT2D eigenvalue weighted by Crippen LogP contribution is -2.48. The summed E-state index contributed by atoms with van der Waals surface area (Å²) in [5.74, 6) is -0.597. The zero-order chi connectivity index (χ0) is 21.6. The second-order valence-electron chi connectivity index (χ2n) is 8.07. The number of carboxylic acids is 1. The number of anilines is 1. The summed E-state index contributed by atoms with van der Waals surface area (Å²) in [6.07, 6.45) is 2.91. The Labute approximate surface area is 176 Å². The summed E-state index contributed by atoms with van der Waals surface area (Å²) in [5, 5.41) is 16.3. The molecule has 0 atom stereocenters. The lowest BCUT2D eigenvalue weighted by molar-refractivity contribution is 0.0000651. The molecule has 10 heteroatoms. The number of carboxylic acid groups (broad SMARTS) is 1. The highest BCUT2D eigenvalue weighted by Gasteiger charge is 2.27. The van der Waals surface area contributed by atoms with Crippen LogP contribution in [0.25, 0.3) is 16.2 Å². The van der Waals surface area contributed by atoms with Crippen LogP contribution in [-0.2, 0) is 4.84 Å². The van der Waals surface area contributed by atoms with E-state index in [1.54, 1.807) is 29.1 Å². The van der Waals surface area contributed by atoms with Crippen LogP contribution in [0.15, 0.2) is 33.8 Å². The number of aromatic nitrogens is 3. The van der Waals surface area contributed by atoms with Crippen LogP contribution in [0.1, 0.15) is 36.7 Å². The van der Waals surface area contributed by atoms with Crippen LogP contribution >= 0.6 is 11.3 Å². The second-order valence-corrected chi connectivity index (χ2v) is 8.95. The van der Waals surface area contributed by atoms with Gasteiger partial charge in [-0.3, -0.25) is 9.36 Å². The summed E-state index contributed by atoms with van der Waals surface area (Å²) in [4.78, 5) is 40.8. The lowest BCUT2D eigenvalue weighted by atomic mass is 10.1. The Bertz CT molecular complexity index is 1220. The number of hydrogen-bond acceptors (Lipinski definition) is 8. The third-order valence-electron chi connectivity index (χ3n) is 4.52. The van der Waals surface area contributed by atoms with Crippen molar-refractivity contribution < 1.29 is 14.7 Å². The fourth-order valence-corrected chi connectivity index (χ4v) is 3.71. The molecule has 0 aromatic carbocycles. The first-order valence-electron chi connectivity index (χ1n) is 9.33. The Morgan fingerprint density at radius 2 is 2.07 bits per heavy atom. The van der Waals surface area contributed by atoms with Gasteiger partial charge in [-0.2, -0.15) is 0 Å². The molecule has 3 aromatic heterocycles. The van der Waals surface area contributed by atoms with Gasteiger partial charge in [-0.15, -0.1) is 11.3 Å². The molecule has 156 valence electrons. The Morgan fingerprint density at radius 3 is 2.67 bits per heavy atom. The summed E-state index contributed by atoms with van der Waals surface area (Å²) < 4.78 is 1.57. The molecule has 1 aliphatic rings. The molecule has 1 fully saturated rings. The number of thiazole rings is 1. The number of aryl methyl sites for hydroxylation is 1. The van der Waals surface area contributed by atoms with Crippen molar-refractivity contribution in [2.45, 2.75) is 33.3 Å². The minimum atomic E-state index is -1.28. The molecule has 1 aliphatic heterocycles. The maximum absolute atomic E-state index is 12.8. The van der Waals surface area contributed by atoms with Crippen LogP contribution in [0.5, 0.6) is 0 Å². The average molecular weight is 427 g/mol. The molecule has 30 heavy (non-hydrogen) atoms. The molecule has 0 saturated carbocycles. The summed E-state index contributed by atoms with van der Waals surface area (Å²) in [6.45, 7) is 8.73. The number of rotatable bonds is 4. The number of oxime groups is 1. The van der Waals surface area contributed by atoms with Crippen LogP contribution in [0, 0.1) is 6.92 Å². The van der Waals surface area contributed by atoms with Crippen molar-refractivity contribution in [3.63, 3.8) is 0 Å². The summed E-state index contributed by atoms with van der Waals surface area (Å²) >= 11 is 1.33. The maximum Gasteiger partial charge on any atom is 0.341 e. The van der Waals surface area contributed by atoms with Crippen molar-refractivity contribution in [1.29, 1.82) is 0 Å². The normalized spacial score (nSPS) is 14.0. The van der Waals surface area contributed by atoms with Gasteiger partial charge in [-0.25, -0.2) is 14.8 Å². The van der Waals surface area contributed by atoms with Crippen LogP contribution in [-0.4, -0.2) is 50.0 Å². The van der Waals surface area contributed by atoms with E-state index in [4.69, 9.17) is 4.84 Å². The zero-order valence-corrected chi connectivity index (χ0v) is 17.9. The predicted octanol–water partition coefficient (Wildman–Crippen LogP) is 2.84. The monoisotopic (exact) mass is 427 g/mol. The summed E-state index contributed by atoms with van der Waals surface area (Å²) in [6, 6.07) is 1.79. The average Bonchev–Trinajstić information content (AvgIpc) is 3.13. The van der Waals surface area contributed by atoms with E-state index in [1.165, 1.54) is 17.5 Å². The van der Waals surface area contributed by atoms with Gasteiger partial charge in [0.2, 0.25) is 5.43 Å². The van der Waals surface area contributed by atoms with E-state index in [2.05, 4.69) is 15.1 Å². The quantitative estimate of drug-likeness (QED) is 0.638. The highest BCUT2D eigenvalue weighted by atomic mass is 32.1. The van der Waals surface area contributed by atoms with Gasteiger partial charge in [-0.05, 0) is 39.3 Å². The van der Waals surface area contributed by atoms with Crippen molar-refractivity contribution in [1.82, 2.24) is 14.5 Å². The maximum atomic E-state index is 12.8. The van der Waals surface area contributed by atoms with E-state index in [9.17, 15) is 14.7 Å². The van der Waals surface area contributed by atoms with Gasteiger partial charge < -0.3 is 14.8 Å². The molecule has 0 radical (unpaired) electrons. The predicted molar refractivity (Wildman–Crippen MR) is 115 cm³/mol. The van der Waals surface area contributed by atoms with E-state index < -0.39 is 11.4 Å². The third-order valence-corrected chi connectivity index (χ3v) is 5.29. The minimum Gasteiger partial charge on any atom is -0.477 e. The number of pyridine rings is 2. The van der Waals surface area contributed by atoms with Crippen LogP contribution in [0.2, 0.25) is 0 Å². The first-order chi connectivity index (χ1) is 14.1. The number of fused-ring (bicyclic) bond motifs is 1. The van der Waals surface area contributed by atoms with Crippen molar-refractivity contribution in [2.24, 2.45) is 5.16 Å². The van der Waals surface area contributed by atoms with E-state index in [0.29, 0.717) is 35.2 Å². The standard InChI is InChI=1S/C20H21N5O4S/c1-11-7-14(24-8-12(9-24)23-29-20(2,3)4)22-17-15(11)16(26)13(18(27)28)10-25(17)19-21-5-6-30-19/h5-7,10H,8-9H2,1-4H3,(H,27,28). The number of aromatic carboxylic acids is 1. The molecular weight excluding hydrogens is 406 g/mol. The Kier molecular flexibility index (Phi) is 4.81. The van der Waals surface area contributed by atoms with E-state index in [-0.39, 0.29) is 16.6 Å². The van der Waals surface area contributed by atoms with E-state index in [1.807, 2.05) is 25.7 Å². The third kappa shape index (κ3) is 3.65. The van der Waals surface area contributed by atoms with Crippen LogP contribution in [0.4, 0.5) is 5.82 Å². The van der Waals surface area contributed by atoms with Crippen molar-refractivity contribution in [3.05, 3.63) is 45.2 Å². The highest BCUT2D eigenvalue weighted by molar-refractivity contribution is 7.12. The van der Waals surface area contributed by atoms with Gasteiger partial charge in [0.25, 0.3) is 0 Å². The molecule has 4 heterocycles. The number of nitrogens with zero attached hydrogens (tertiary/aromatic N) is 5. The Morgan fingerprint density at radius 1 is 1.33 bits per heavy atom. The van der Waals surface area contributed by atoms with Crippen LogP contribution < -0.4 is 10.3 Å². The molecule has 0 bridgehead atoms. The van der Waals surface area contributed by atoms with Gasteiger partial charge in [-0.1, -0.05) is 5.16 Å². The Balaban J connectivity index is 1.79. The topological polar surface area (TPSA) is 110 Å². The van der Waals surface area contributed by atoms with E-state index in [0.717, 1.165) is 5.71 Å². The summed E-state index contributed by atoms with van der Waals surface area (Å²) in [7, 11) is 0. The molecule has 3 aromatic rings. The molecule has 0 unspecified atom stereocenters. The summed E-state index contributed by atoms with van der Waals surface area (Å²) in [5.41, 5.74) is 0.731. The largest absolute Gasteiger partial charge is 0.477 e. The molecule has 0 spiro atoms. The first-order valence-corrected chi connectivity index (χ1v) is 10.2. The number of carbonyl (C=O) groups is 1. The van der Waals surface area contributed by atoms with Crippen molar-refractivity contribution in [3.8, 4) is 5.13 Å². The van der Waals surface area contributed by atoms with Gasteiger partial charge in [0.05, 0.1) is 24.2 Å². The molecular formula is C20H21N5O4S. The zero-order valence-electron chi connectivity index (χ0n) is 17.0. The van der Waals surface area contributed by atoms with E-state index >= 15 is 0 Å². The fraction of sp³-hybridized carbons (Fsp3) is 0.350. The first kappa shape index (κ1) is 20.0. The van der Waals surface area contributed by atoms with Gasteiger partial charge in [0.1, 0.15) is 17.0 Å². The molecule has 0 aliphatic carbocycles. The Hall–Kier alpha value is -3.27. The molecule has 9 nitrogen and oxygen atoms in total. The second kappa shape index (κ2) is 7.21. The molecule has 1 N–H and O–H groups in total. The SMILES string of the molecule is Cc1cc(N2CC(=NOC(C)(C)C)C2)nc2c1c(=O)c(C(=O)O)cn2-c1nccs1. The van der Waals surface area contributed by atoms with Gasteiger partial charge in [0, 0.05) is 17.8 Å². The van der Waals surface area contributed by atoms with Crippen molar-refractivity contribution in [2.75, 3.05) is 18.0 Å². The van der Waals surface area contributed by atoms with Gasteiger partial charge >= 0.3 is 5.97 Å². The molecule has 4 rings (SSSR count). The lowest BCUT2D eigenvalue weighted by Gasteiger charge is -2.34. The van der Waals surface area contributed by atoms with Crippen LogP contribution in [0.3, 0.4) is 0 Å². The molecule has 1 saturated heterocycles. The fourth-order valence-electron chi connectivity index (χ4n) is 3.09. The molecule has 0 amide bonds. The minimum absolute atomic E-state index is 0.277. The smallest absolute Gasteiger partial charge is 0.341 e. The van der Waals surface area contributed by atoms with Crippen molar-refractivity contribution >= 4 is 39.9 Å². The highest BCUT2D eigenvalue weighted by Crippen LogP contribution is 2.26.